The van der Waals surface area contributed by atoms with Gasteiger partial charge >= 0.3 is 0 Å². The summed E-state index contributed by atoms with van der Waals surface area (Å²) >= 11 is 1.79. The highest BCUT2D eigenvalue weighted by molar-refractivity contribution is 7.98. The fourth-order valence-corrected chi connectivity index (χ4v) is 2.62. The van der Waals surface area contributed by atoms with E-state index in [1.54, 1.807) is 11.8 Å². The zero-order valence-corrected chi connectivity index (χ0v) is 9.77. The van der Waals surface area contributed by atoms with Crippen LogP contribution in [0.4, 0.5) is 0 Å². The van der Waals surface area contributed by atoms with Crippen molar-refractivity contribution in [3.05, 3.63) is 29.8 Å². The van der Waals surface area contributed by atoms with E-state index in [1.807, 2.05) is 0 Å². The molecule has 1 aromatic rings. The Morgan fingerprint density at radius 3 is 2.50 bits per heavy atom. The molecule has 0 unspecified atom stereocenters. The van der Waals surface area contributed by atoms with Crippen LogP contribution >= 0.6 is 11.8 Å². The normalized spacial score (nSPS) is 28.9. The van der Waals surface area contributed by atoms with Crippen molar-refractivity contribution in [1.82, 2.24) is 0 Å². The van der Waals surface area contributed by atoms with E-state index in [2.05, 4.69) is 44.4 Å². The quantitative estimate of drug-likeness (QED) is 0.755. The summed E-state index contributed by atoms with van der Waals surface area (Å²) in [5.74, 6) is 0.551. The van der Waals surface area contributed by atoms with Gasteiger partial charge in [-0.3, -0.25) is 0 Å². The van der Waals surface area contributed by atoms with Crippen molar-refractivity contribution in [1.29, 1.82) is 0 Å². The van der Waals surface area contributed by atoms with Gasteiger partial charge in [-0.05, 0) is 29.4 Å². The van der Waals surface area contributed by atoms with Gasteiger partial charge in [0.15, 0.2) is 0 Å². The zero-order valence-electron chi connectivity index (χ0n) is 8.95. The molecule has 1 aliphatic rings. The van der Waals surface area contributed by atoms with Crippen LogP contribution in [0.3, 0.4) is 0 Å². The minimum atomic E-state index is 0.289. The van der Waals surface area contributed by atoms with E-state index in [1.165, 1.54) is 10.5 Å². The molecule has 2 atom stereocenters. The Labute approximate surface area is 90.1 Å². The van der Waals surface area contributed by atoms with Crippen LogP contribution in [0.1, 0.15) is 25.3 Å². The summed E-state index contributed by atoms with van der Waals surface area (Å²) in [5.41, 5.74) is 7.75. The predicted molar refractivity (Wildman–Crippen MR) is 62.7 cm³/mol. The molecule has 1 aromatic carbocycles. The van der Waals surface area contributed by atoms with Crippen molar-refractivity contribution in [2.24, 2.45) is 11.1 Å². The number of hydrogen-bond donors (Lipinski definition) is 1. The first kappa shape index (κ1) is 10.1. The summed E-state index contributed by atoms with van der Waals surface area (Å²) in [7, 11) is 0. The molecule has 0 amide bonds. The number of hydrogen-bond acceptors (Lipinski definition) is 2. The standard InChI is InChI=1S/C12H17NS/c1-12(2)10(11(12)13)8-5-4-6-9(7-8)14-3/h4-7,10-11H,13H2,1-3H3/t10-,11-/m0/s1. The van der Waals surface area contributed by atoms with Crippen molar-refractivity contribution in [2.75, 3.05) is 6.26 Å². The lowest BCUT2D eigenvalue weighted by molar-refractivity contribution is 0.599. The van der Waals surface area contributed by atoms with Crippen LogP contribution in [0.2, 0.25) is 0 Å². The molecule has 76 valence electrons. The van der Waals surface area contributed by atoms with Crippen molar-refractivity contribution in [3.63, 3.8) is 0 Å². The van der Waals surface area contributed by atoms with E-state index in [0.717, 1.165) is 0 Å². The monoisotopic (exact) mass is 207 g/mol. The van der Waals surface area contributed by atoms with Crippen LogP contribution in [0, 0.1) is 5.41 Å². The van der Waals surface area contributed by atoms with Crippen LogP contribution in [-0.4, -0.2) is 12.3 Å². The molecular weight excluding hydrogens is 190 g/mol. The Balaban J connectivity index is 2.26. The highest BCUT2D eigenvalue weighted by Crippen LogP contribution is 2.57. The number of nitrogens with two attached hydrogens (primary N) is 1. The van der Waals surface area contributed by atoms with Crippen molar-refractivity contribution in [2.45, 2.75) is 30.7 Å². The van der Waals surface area contributed by atoms with Gasteiger partial charge in [-0.1, -0.05) is 26.0 Å². The molecule has 0 aliphatic heterocycles. The third-order valence-electron chi connectivity index (χ3n) is 3.36. The maximum Gasteiger partial charge on any atom is 0.0172 e. The molecule has 1 nitrogen and oxygen atoms in total. The second-order valence-corrected chi connectivity index (χ2v) is 5.48. The average molecular weight is 207 g/mol. The third-order valence-corrected chi connectivity index (χ3v) is 4.09. The van der Waals surface area contributed by atoms with Gasteiger partial charge < -0.3 is 5.73 Å². The van der Waals surface area contributed by atoms with Crippen molar-refractivity contribution >= 4 is 11.8 Å². The van der Waals surface area contributed by atoms with Gasteiger partial charge in [-0.2, -0.15) is 0 Å². The van der Waals surface area contributed by atoms with Gasteiger partial charge in [-0.15, -0.1) is 11.8 Å². The molecule has 0 bridgehead atoms. The predicted octanol–water partition coefficient (Wildman–Crippen LogP) is 2.86. The first-order valence-corrected chi connectivity index (χ1v) is 6.19. The van der Waals surface area contributed by atoms with Gasteiger partial charge in [0, 0.05) is 16.9 Å². The number of rotatable bonds is 2. The van der Waals surface area contributed by atoms with Crippen LogP contribution in [0.25, 0.3) is 0 Å². The topological polar surface area (TPSA) is 26.0 Å². The molecule has 2 rings (SSSR count). The summed E-state index contributed by atoms with van der Waals surface area (Å²) in [5, 5.41) is 0. The summed E-state index contributed by atoms with van der Waals surface area (Å²) < 4.78 is 0. The van der Waals surface area contributed by atoms with Crippen LogP contribution < -0.4 is 5.73 Å². The smallest absolute Gasteiger partial charge is 0.0172 e. The largest absolute Gasteiger partial charge is 0.327 e. The Kier molecular flexibility index (Phi) is 2.36. The molecule has 14 heavy (non-hydrogen) atoms. The number of thioether (sulfide) groups is 1. The van der Waals surface area contributed by atoms with E-state index >= 15 is 0 Å². The lowest BCUT2D eigenvalue weighted by atomic mass is 10.0. The average Bonchev–Trinajstić information content (AvgIpc) is 2.66. The second kappa shape index (κ2) is 3.28. The first-order valence-electron chi connectivity index (χ1n) is 4.97. The highest BCUT2D eigenvalue weighted by Gasteiger charge is 2.55. The fraction of sp³-hybridized carbons (Fsp3) is 0.500. The first-order chi connectivity index (χ1) is 6.57. The van der Waals surface area contributed by atoms with Gasteiger partial charge in [0.25, 0.3) is 0 Å². The Bertz CT molecular complexity index is 346. The maximum atomic E-state index is 6.06. The molecule has 2 heteroatoms. The fourth-order valence-electron chi connectivity index (χ4n) is 2.15. The molecule has 1 saturated carbocycles. The van der Waals surface area contributed by atoms with Gasteiger partial charge in [0.05, 0.1) is 0 Å². The third kappa shape index (κ3) is 1.47. The molecule has 1 fully saturated rings. The van der Waals surface area contributed by atoms with Gasteiger partial charge in [0.2, 0.25) is 0 Å². The van der Waals surface area contributed by atoms with E-state index in [-0.39, 0.29) is 5.41 Å². The molecule has 0 spiro atoms. The van der Waals surface area contributed by atoms with E-state index < -0.39 is 0 Å². The summed E-state index contributed by atoms with van der Waals surface area (Å²) in [6.07, 6.45) is 2.11. The summed E-state index contributed by atoms with van der Waals surface area (Å²) in [4.78, 5) is 1.33. The zero-order chi connectivity index (χ0) is 10.3. The highest BCUT2D eigenvalue weighted by atomic mass is 32.2. The van der Waals surface area contributed by atoms with Gasteiger partial charge in [0.1, 0.15) is 0 Å². The summed E-state index contributed by atoms with van der Waals surface area (Å²) in [6, 6.07) is 9.07. The second-order valence-electron chi connectivity index (χ2n) is 4.60. The van der Waals surface area contributed by atoms with Crippen LogP contribution in [0.15, 0.2) is 29.2 Å². The minimum absolute atomic E-state index is 0.289. The van der Waals surface area contributed by atoms with Crippen LogP contribution in [0.5, 0.6) is 0 Å². The minimum Gasteiger partial charge on any atom is -0.327 e. The lowest BCUT2D eigenvalue weighted by Crippen LogP contribution is -2.06. The molecule has 0 saturated heterocycles. The Morgan fingerprint density at radius 1 is 1.36 bits per heavy atom. The Hall–Kier alpha value is -0.470. The molecule has 0 radical (unpaired) electrons. The summed E-state index contributed by atoms with van der Waals surface area (Å²) in [6.45, 7) is 4.49. The van der Waals surface area contributed by atoms with Crippen LogP contribution in [-0.2, 0) is 0 Å². The molecule has 0 aromatic heterocycles. The van der Waals surface area contributed by atoms with E-state index in [9.17, 15) is 0 Å². The maximum absolute atomic E-state index is 6.06. The molecular formula is C12H17NS. The SMILES string of the molecule is CSc1cccc([C@H]2[C@H](N)C2(C)C)c1. The molecule has 2 N–H and O–H groups in total. The number of benzene rings is 1. The Morgan fingerprint density at radius 2 is 2.00 bits per heavy atom. The lowest BCUT2D eigenvalue weighted by Gasteiger charge is -2.04. The van der Waals surface area contributed by atoms with Gasteiger partial charge in [-0.25, -0.2) is 0 Å². The molecule has 1 aliphatic carbocycles. The van der Waals surface area contributed by atoms with Crippen molar-refractivity contribution in [3.8, 4) is 0 Å². The van der Waals surface area contributed by atoms with E-state index in [0.29, 0.717) is 12.0 Å². The van der Waals surface area contributed by atoms with E-state index in [4.69, 9.17) is 5.73 Å². The molecule has 0 heterocycles. The van der Waals surface area contributed by atoms with Crippen molar-refractivity contribution < 1.29 is 0 Å².